The Morgan fingerprint density at radius 1 is 1.05 bits per heavy atom. The Labute approximate surface area is 119 Å². The van der Waals surface area contributed by atoms with Crippen molar-refractivity contribution >= 4 is 5.71 Å². The molecule has 1 fully saturated rings. The lowest BCUT2D eigenvalue weighted by molar-refractivity contribution is -0.365. The number of hydrogen-bond donors (Lipinski definition) is 1. The standard InChI is InChI=1S/C13H19F6NO/c1-8-5-3-4-6-10(8)20-9(2)7-11(21,12(14,15)16)13(17,18)19/h8,10,21H,3-7H2,1-2H3/b20-9+/t8-,10-/m1/s1. The van der Waals surface area contributed by atoms with Crippen molar-refractivity contribution in [2.75, 3.05) is 0 Å². The van der Waals surface area contributed by atoms with Gasteiger partial charge in [0.05, 0.1) is 6.04 Å². The fourth-order valence-corrected chi connectivity index (χ4v) is 2.55. The molecule has 1 aliphatic carbocycles. The number of alkyl halides is 6. The molecule has 124 valence electrons. The molecule has 1 rings (SSSR count). The molecule has 0 aromatic heterocycles. The first kappa shape index (κ1) is 18.3. The zero-order valence-electron chi connectivity index (χ0n) is 11.9. The average Bonchev–Trinajstić information content (AvgIpc) is 2.29. The molecular weight excluding hydrogens is 300 g/mol. The van der Waals surface area contributed by atoms with Crippen LogP contribution in [0.4, 0.5) is 26.3 Å². The van der Waals surface area contributed by atoms with Crippen LogP contribution in [-0.4, -0.2) is 34.8 Å². The van der Waals surface area contributed by atoms with Crippen LogP contribution in [-0.2, 0) is 0 Å². The highest BCUT2D eigenvalue weighted by atomic mass is 19.4. The summed E-state index contributed by atoms with van der Waals surface area (Å²) in [5, 5.41) is 9.12. The topological polar surface area (TPSA) is 32.6 Å². The lowest BCUT2D eigenvalue weighted by atomic mass is 9.86. The largest absolute Gasteiger partial charge is 0.426 e. The van der Waals surface area contributed by atoms with Crippen LogP contribution in [0, 0.1) is 5.92 Å². The van der Waals surface area contributed by atoms with Crippen molar-refractivity contribution < 1.29 is 31.4 Å². The molecular formula is C13H19F6NO. The first-order valence-electron chi connectivity index (χ1n) is 6.77. The van der Waals surface area contributed by atoms with E-state index in [9.17, 15) is 26.3 Å². The van der Waals surface area contributed by atoms with Gasteiger partial charge >= 0.3 is 12.4 Å². The summed E-state index contributed by atoms with van der Waals surface area (Å²) in [6.07, 6.45) is -9.82. The summed E-state index contributed by atoms with van der Waals surface area (Å²) in [5.74, 6) is 0.124. The van der Waals surface area contributed by atoms with Crippen molar-refractivity contribution in [3.63, 3.8) is 0 Å². The maximum atomic E-state index is 12.6. The Kier molecular flexibility index (Phi) is 5.34. The predicted octanol–water partition coefficient (Wildman–Crippen LogP) is 4.27. The molecule has 0 unspecified atom stereocenters. The summed E-state index contributed by atoms with van der Waals surface area (Å²) in [5.41, 5.74) is -5.07. The maximum Gasteiger partial charge on any atom is 0.426 e. The lowest BCUT2D eigenvalue weighted by Gasteiger charge is -2.33. The number of rotatable bonds is 3. The molecule has 0 aromatic carbocycles. The smallest absolute Gasteiger partial charge is 0.373 e. The van der Waals surface area contributed by atoms with Crippen LogP contribution in [0.1, 0.15) is 46.0 Å². The molecule has 2 atom stereocenters. The summed E-state index contributed by atoms with van der Waals surface area (Å²) < 4.78 is 75.5. The van der Waals surface area contributed by atoms with Crippen LogP contribution >= 0.6 is 0 Å². The van der Waals surface area contributed by atoms with E-state index in [1.54, 1.807) is 0 Å². The fourth-order valence-electron chi connectivity index (χ4n) is 2.55. The second-order valence-electron chi connectivity index (χ2n) is 5.73. The molecule has 21 heavy (non-hydrogen) atoms. The zero-order chi connectivity index (χ0) is 16.5. The molecule has 1 N–H and O–H groups in total. The summed E-state index contributed by atoms with van der Waals surface area (Å²) in [6, 6.07) is -0.274. The number of aliphatic imine (C=N–C) groups is 1. The van der Waals surface area contributed by atoms with Crippen molar-refractivity contribution in [1.82, 2.24) is 0 Å². The van der Waals surface area contributed by atoms with Gasteiger partial charge in [-0.3, -0.25) is 4.99 Å². The van der Waals surface area contributed by atoms with Crippen LogP contribution in [0.25, 0.3) is 0 Å². The van der Waals surface area contributed by atoms with Gasteiger partial charge < -0.3 is 5.11 Å². The van der Waals surface area contributed by atoms with E-state index in [-0.39, 0.29) is 17.7 Å². The molecule has 0 bridgehead atoms. The Balaban J connectivity index is 2.94. The highest BCUT2D eigenvalue weighted by Crippen LogP contribution is 2.45. The van der Waals surface area contributed by atoms with Crippen LogP contribution in [0.5, 0.6) is 0 Å². The Morgan fingerprint density at radius 2 is 1.52 bits per heavy atom. The minimum Gasteiger partial charge on any atom is -0.373 e. The Morgan fingerprint density at radius 3 is 1.95 bits per heavy atom. The molecule has 0 aromatic rings. The average molecular weight is 319 g/mol. The van der Waals surface area contributed by atoms with Crippen molar-refractivity contribution in [2.45, 2.75) is 69.9 Å². The second-order valence-corrected chi connectivity index (χ2v) is 5.73. The number of halogens is 6. The zero-order valence-corrected chi connectivity index (χ0v) is 11.9. The summed E-state index contributed by atoms with van der Waals surface area (Å²) in [6.45, 7) is 2.98. The van der Waals surface area contributed by atoms with Gasteiger partial charge in [-0.1, -0.05) is 19.8 Å². The Bertz CT molecular complexity index is 373. The van der Waals surface area contributed by atoms with E-state index < -0.39 is 24.4 Å². The third-order valence-electron chi connectivity index (χ3n) is 3.90. The molecule has 0 amide bonds. The number of aliphatic hydroxyl groups is 1. The second kappa shape index (κ2) is 6.14. The van der Waals surface area contributed by atoms with Gasteiger partial charge in [0.1, 0.15) is 0 Å². The quantitative estimate of drug-likeness (QED) is 0.611. The molecule has 1 aliphatic rings. The van der Waals surface area contributed by atoms with Crippen LogP contribution < -0.4 is 0 Å². The highest BCUT2D eigenvalue weighted by molar-refractivity contribution is 5.83. The van der Waals surface area contributed by atoms with Gasteiger partial charge in [0.2, 0.25) is 0 Å². The normalized spacial score (nSPS) is 26.0. The summed E-state index contributed by atoms with van der Waals surface area (Å²) >= 11 is 0. The first-order chi connectivity index (χ1) is 9.38. The van der Waals surface area contributed by atoms with E-state index >= 15 is 0 Å². The highest BCUT2D eigenvalue weighted by Gasteiger charge is 2.70. The summed E-state index contributed by atoms with van der Waals surface area (Å²) in [7, 11) is 0. The van der Waals surface area contributed by atoms with Crippen molar-refractivity contribution in [3.05, 3.63) is 0 Å². The van der Waals surface area contributed by atoms with Gasteiger partial charge in [-0.25, -0.2) is 0 Å². The van der Waals surface area contributed by atoms with Gasteiger partial charge in [0.15, 0.2) is 0 Å². The van der Waals surface area contributed by atoms with Gasteiger partial charge in [-0.15, -0.1) is 0 Å². The maximum absolute atomic E-state index is 12.6. The minimum atomic E-state index is -5.79. The van der Waals surface area contributed by atoms with E-state index in [2.05, 4.69) is 4.99 Å². The van der Waals surface area contributed by atoms with Crippen LogP contribution in [0.3, 0.4) is 0 Å². The van der Waals surface area contributed by atoms with Crippen LogP contribution in [0.15, 0.2) is 4.99 Å². The van der Waals surface area contributed by atoms with Crippen molar-refractivity contribution in [3.8, 4) is 0 Å². The van der Waals surface area contributed by atoms with E-state index in [4.69, 9.17) is 5.11 Å². The van der Waals surface area contributed by atoms with Crippen molar-refractivity contribution in [1.29, 1.82) is 0 Å². The number of hydrogen-bond acceptors (Lipinski definition) is 2. The fraction of sp³-hybridized carbons (Fsp3) is 0.923. The molecule has 0 heterocycles. The molecule has 0 radical (unpaired) electrons. The van der Waals surface area contributed by atoms with Crippen molar-refractivity contribution in [2.24, 2.45) is 10.9 Å². The molecule has 0 spiro atoms. The predicted molar refractivity (Wildman–Crippen MR) is 66.2 cm³/mol. The van der Waals surface area contributed by atoms with E-state index in [1.807, 2.05) is 6.92 Å². The molecule has 1 saturated carbocycles. The van der Waals surface area contributed by atoms with E-state index in [0.717, 1.165) is 26.2 Å². The van der Waals surface area contributed by atoms with Gasteiger partial charge in [-0.2, -0.15) is 26.3 Å². The molecule has 2 nitrogen and oxygen atoms in total. The molecule has 8 heteroatoms. The Hall–Kier alpha value is -0.790. The van der Waals surface area contributed by atoms with Gasteiger partial charge in [-0.05, 0) is 25.7 Å². The van der Waals surface area contributed by atoms with Gasteiger partial charge in [0.25, 0.3) is 5.60 Å². The van der Waals surface area contributed by atoms with E-state index in [0.29, 0.717) is 6.42 Å². The lowest BCUT2D eigenvalue weighted by Crippen LogP contribution is -2.57. The number of nitrogens with zero attached hydrogens (tertiary/aromatic N) is 1. The third kappa shape index (κ3) is 4.11. The molecule has 0 saturated heterocycles. The first-order valence-corrected chi connectivity index (χ1v) is 6.77. The monoisotopic (exact) mass is 319 g/mol. The SMILES string of the molecule is C/C(CC(O)(C(F)(F)F)C(F)(F)F)=N\[C@@H]1CCCC[C@H]1C. The van der Waals surface area contributed by atoms with Gasteiger partial charge in [0, 0.05) is 12.1 Å². The minimum absolute atomic E-state index is 0.124. The third-order valence-corrected chi connectivity index (χ3v) is 3.90. The molecule has 0 aliphatic heterocycles. The summed E-state index contributed by atoms with van der Waals surface area (Å²) in [4.78, 5) is 3.99. The van der Waals surface area contributed by atoms with Crippen LogP contribution in [0.2, 0.25) is 0 Å². The van der Waals surface area contributed by atoms with E-state index in [1.165, 1.54) is 0 Å².